The third-order valence-electron chi connectivity index (χ3n) is 3.74. The number of benzene rings is 1. The van der Waals surface area contributed by atoms with E-state index in [0.717, 1.165) is 25.1 Å². The average molecular weight is 276 g/mol. The van der Waals surface area contributed by atoms with Crippen LogP contribution in [0.3, 0.4) is 0 Å². The van der Waals surface area contributed by atoms with Crippen molar-refractivity contribution in [2.75, 3.05) is 26.7 Å². The van der Waals surface area contributed by atoms with Crippen molar-refractivity contribution in [3.05, 3.63) is 30.3 Å². The summed E-state index contributed by atoms with van der Waals surface area (Å²) in [7, 11) is 2.04. The zero-order valence-electron chi connectivity index (χ0n) is 12.2. The molecule has 1 fully saturated rings. The maximum Gasteiger partial charge on any atom is 0.237 e. The molecule has 0 unspecified atom stereocenters. The number of carbonyl (C=O) groups excluding carboxylic acids is 1. The SMILES string of the molecule is CN1CCCCC[C@H]1C(=O)NCCOc1ccccc1. The van der Waals surface area contributed by atoms with Gasteiger partial charge in [-0.3, -0.25) is 9.69 Å². The summed E-state index contributed by atoms with van der Waals surface area (Å²) in [5.41, 5.74) is 0. The molecule has 0 bridgehead atoms. The molecule has 0 radical (unpaired) electrons. The number of hydrogen-bond donors (Lipinski definition) is 1. The van der Waals surface area contributed by atoms with Gasteiger partial charge in [0.15, 0.2) is 0 Å². The number of amides is 1. The van der Waals surface area contributed by atoms with Crippen LogP contribution in [0.15, 0.2) is 30.3 Å². The Morgan fingerprint density at radius 2 is 2.10 bits per heavy atom. The average Bonchev–Trinajstić information content (AvgIpc) is 2.69. The molecule has 1 aromatic carbocycles. The molecule has 1 amide bonds. The molecule has 1 atom stereocenters. The first-order valence-electron chi connectivity index (χ1n) is 7.43. The molecule has 2 rings (SSSR count). The number of nitrogens with zero attached hydrogens (tertiary/aromatic N) is 1. The van der Waals surface area contributed by atoms with Crippen LogP contribution < -0.4 is 10.1 Å². The van der Waals surface area contributed by atoms with E-state index in [1.165, 1.54) is 12.8 Å². The number of likely N-dealkylation sites (N-methyl/N-ethyl adjacent to an activating group) is 1. The van der Waals surface area contributed by atoms with E-state index in [0.29, 0.717) is 13.2 Å². The molecule has 0 spiro atoms. The second kappa shape index (κ2) is 7.90. The molecule has 1 heterocycles. The largest absolute Gasteiger partial charge is 0.492 e. The fourth-order valence-electron chi connectivity index (χ4n) is 2.56. The van der Waals surface area contributed by atoms with E-state index in [4.69, 9.17) is 4.74 Å². The lowest BCUT2D eigenvalue weighted by Gasteiger charge is -2.24. The van der Waals surface area contributed by atoms with Crippen molar-refractivity contribution in [1.82, 2.24) is 10.2 Å². The molecule has 0 aliphatic carbocycles. The summed E-state index contributed by atoms with van der Waals surface area (Å²) in [4.78, 5) is 14.3. The lowest BCUT2D eigenvalue weighted by atomic mass is 10.1. The first-order chi connectivity index (χ1) is 9.77. The molecule has 1 N–H and O–H groups in total. The Kier molecular flexibility index (Phi) is 5.87. The zero-order valence-corrected chi connectivity index (χ0v) is 12.2. The zero-order chi connectivity index (χ0) is 14.2. The van der Waals surface area contributed by atoms with Gasteiger partial charge in [0.1, 0.15) is 12.4 Å². The highest BCUT2D eigenvalue weighted by Crippen LogP contribution is 2.15. The van der Waals surface area contributed by atoms with Gasteiger partial charge in [0.2, 0.25) is 5.91 Å². The normalized spacial score (nSPS) is 20.1. The molecular weight excluding hydrogens is 252 g/mol. The van der Waals surface area contributed by atoms with Crippen molar-refractivity contribution in [2.24, 2.45) is 0 Å². The van der Waals surface area contributed by atoms with Crippen LogP contribution in [0.25, 0.3) is 0 Å². The van der Waals surface area contributed by atoms with Crippen LogP contribution in [0.5, 0.6) is 5.75 Å². The monoisotopic (exact) mass is 276 g/mol. The van der Waals surface area contributed by atoms with Crippen LogP contribution in [0.1, 0.15) is 25.7 Å². The number of nitrogens with one attached hydrogen (secondary N) is 1. The molecule has 20 heavy (non-hydrogen) atoms. The fraction of sp³-hybridized carbons (Fsp3) is 0.562. The Hall–Kier alpha value is -1.55. The minimum atomic E-state index is 0.0224. The van der Waals surface area contributed by atoms with Gasteiger partial charge in [-0.25, -0.2) is 0 Å². The topological polar surface area (TPSA) is 41.6 Å². The summed E-state index contributed by atoms with van der Waals surface area (Å²) in [6.45, 7) is 2.07. The molecule has 1 aliphatic heterocycles. The number of para-hydroxylation sites is 1. The van der Waals surface area contributed by atoms with E-state index < -0.39 is 0 Å². The van der Waals surface area contributed by atoms with Crippen LogP contribution >= 0.6 is 0 Å². The van der Waals surface area contributed by atoms with E-state index in [1.54, 1.807) is 0 Å². The number of carbonyl (C=O) groups is 1. The Labute approximate surface area is 121 Å². The number of hydrogen-bond acceptors (Lipinski definition) is 3. The Morgan fingerprint density at radius 1 is 1.30 bits per heavy atom. The highest BCUT2D eigenvalue weighted by Gasteiger charge is 2.24. The summed E-state index contributed by atoms with van der Waals surface area (Å²) < 4.78 is 5.57. The molecule has 0 saturated carbocycles. The molecule has 1 aliphatic rings. The van der Waals surface area contributed by atoms with E-state index in [2.05, 4.69) is 10.2 Å². The molecule has 4 heteroatoms. The maximum atomic E-state index is 12.2. The van der Waals surface area contributed by atoms with Crippen LogP contribution in [-0.2, 0) is 4.79 Å². The number of likely N-dealkylation sites (tertiary alicyclic amines) is 1. The third kappa shape index (κ3) is 4.53. The second-order valence-corrected chi connectivity index (χ2v) is 5.30. The van der Waals surface area contributed by atoms with Crippen molar-refractivity contribution in [1.29, 1.82) is 0 Å². The lowest BCUT2D eigenvalue weighted by Crippen LogP contribution is -2.45. The Bertz CT molecular complexity index is 408. The summed E-state index contributed by atoms with van der Waals surface area (Å²) >= 11 is 0. The summed E-state index contributed by atoms with van der Waals surface area (Å²) in [6, 6.07) is 9.69. The van der Waals surface area contributed by atoms with Gasteiger partial charge in [-0.15, -0.1) is 0 Å². The Morgan fingerprint density at radius 3 is 2.90 bits per heavy atom. The van der Waals surface area contributed by atoms with Gasteiger partial charge in [0.25, 0.3) is 0 Å². The van der Waals surface area contributed by atoms with Gasteiger partial charge >= 0.3 is 0 Å². The Balaban J connectivity index is 1.69. The first-order valence-corrected chi connectivity index (χ1v) is 7.43. The number of rotatable bonds is 5. The van der Waals surface area contributed by atoms with Crippen LogP contribution in [0, 0.1) is 0 Å². The number of ether oxygens (including phenoxy) is 1. The van der Waals surface area contributed by atoms with E-state index >= 15 is 0 Å². The molecule has 1 aromatic rings. The van der Waals surface area contributed by atoms with Gasteiger partial charge < -0.3 is 10.1 Å². The van der Waals surface area contributed by atoms with Crippen LogP contribution in [0.2, 0.25) is 0 Å². The van der Waals surface area contributed by atoms with Crippen LogP contribution in [-0.4, -0.2) is 43.6 Å². The summed E-state index contributed by atoms with van der Waals surface area (Å²) in [5, 5.41) is 2.98. The molecule has 4 nitrogen and oxygen atoms in total. The van der Waals surface area contributed by atoms with E-state index in [1.807, 2.05) is 37.4 Å². The van der Waals surface area contributed by atoms with Gasteiger partial charge in [0, 0.05) is 0 Å². The van der Waals surface area contributed by atoms with Gasteiger partial charge in [-0.1, -0.05) is 31.0 Å². The highest BCUT2D eigenvalue weighted by atomic mass is 16.5. The van der Waals surface area contributed by atoms with Gasteiger partial charge in [-0.2, -0.15) is 0 Å². The summed E-state index contributed by atoms with van der Waals surface area (Å²) in [5.74, 6) is 0.972. The quantitative estimate of drug-likeness (QED) is 0.837. The van der Waals surface area contributed by atoms with Gasteiger partial charge in [-0.05, 0) is 38.6 Å². The van der Waals surface area contributed by atoms with Crippen molar-refractivity contribution >= 4 is 5.91 Å². The third-order valence-corrected chi connectivity index (χ3v) is 3.74. The first kappa shape index (κ1) is 14.9. The van der Waals surface area contributed by atoms with E-state index in [-0.39, 0.29) is 11.9 Å². The van der Waals surface area contributed by atoms with Crippen molar-refractivity contribution < 1.29 is 9.53 Å². The van der Waals surface area contributed by atoms with Crippen molar-refractivity contribution in [3.63, 3.8) is 0 Å². The smallest absolute Gasteiger partial charge is 0.237 e. The minimum Gasteiger partial charge on any atom is -0.492 e. The molecular formula is C16H24N2O2. The second-order valence-electron chi connectivity index (χ2n) is 5.30. The predicted molar refractivity (Wildman–Crippen MR) is 79.8 cm³/mol. The van der Waals surface area contributed by atoms with Crippen molar-refractivity contribution in [2.45, 2.75) is 31.7 Å². The minimum absolute atomic E-state index is 0.0224. The summed E-state index contributed by atoms with van der Waals surface area (Å²) in [6.07, 6.45) is 4.52. The van der Waals surface area contributed by atoms with Crippen LogP contribution in [0.4, 0.5) is 0 Å². The fourth-order valence-corrected chi connectivity index (χ4v) is 2.56. The molecule has 1 saturated heterocycles. The van der Waals surface area contributed by atoms with E-state index in [9.17, 15) is 4.79 Å². The lowest BCUT2D eigenvalue weighted by molar-refractivity contribution is -0.126. The highest BCUT2D eigenvalue weighted by molar-refractivity contribution is 5.81. The predicted octanol–water partition coefficient (Wildman–Crippen LogP) is 2.06. The molecule has 0 aromatic heterocycles. The standard InChI is InChI=1S/C16H24N2O2/c1-18-12-7-3-6-10-15(18)16(19)17-11-13-20-14-8-4-2-5-9-14/h2,4-5,8-9,15H,3,6-7,10-13H2,1H3,(H,17,19)/t15-/m0/s1. The van der Waals surface area contributed by atoms with Gasteiger partial charge in [0.05, 0.1) is 12.6 Å². The van der Waals surface area contributed by atoms with Crippen molar-refractivity contribution in [3.8, 4) is 5.75 Å². The molecule has 110 valence electrons. The maximum absolute atomic E-state index is 12.2.